The SMILES string of the molecule is CCOc1ccc(C(C)NC(=O)CN(c2cccc(Br)c2)S(C)(=O)=O)cc1. The highest BCUT2D eigenvalue weighted by Gasteiger charge is 2.22. The van der Waals surface area contributed by atoms with Gasteiger partial charge in [-0.1, -0.05) is 34.1 Å². The summed E-state index contributed by atoms with van der Waals surface area (Å²) in [6.07, 6.45) is 1.08. The van der Waals surface area contributed by atoms with Crippen molar-refractivity contribution in [3.63, 3.8) is 0 Å². The standard InChI is InChI=1S/C19H23BrN2O4S/c1-4-26-18-10-8-15(9-11-18)14(2)21-19(23)13-22(27(3,24)25)17-7-5-6-16(20)12-17/h5-12,14H,4,13H2,1-3H3,(H,21,23). The van der Waals surface area contributed by atoms with Gasteiger partial charge in [0.25, 0.3) is 0 Å². The minimum Gasteiger partial charge on any atom is -0.494 e. The summed E-state index contributed by atoms with van der Waals surface area (Å²) in [6.45, 7) is 4.05. The summed E-state index contributed by atoms with van der Waals surface area (Å²) >= 11 is 3.32. The maximum Gasteiger partial charge on any atom is 0.241 e. The lowest BCUT2D eigenvalue weighted by Crippen LogP contribution is -2.41. The molecule has 1 N–H and O–H groups in total. The molecule has 0 saturated heterocycles. The predicted molar refractivity (Wildman–Crippen MR) is 111 cm³/mol. The molecule has 0 aliphatic heterocycles. The molecular formula is C19H23BrN2O4S. The monoisotopic (exact) mass is 454 g/mol. The van der Waals surface area contributed by atoms with Crippen LogP contribution in [0.4, 0.5) is 5.69 Å². The van der Waals surface area contributed by atoms with Crippen molar-refractivity contribution in [3.8, 4) is 5.75 Å². The number of nitrogens with zero attached hydrogens (tertiary/aromatic N) is 1. The Morgan fingerprint density at radius 2 is 1.89 bits per heavy atom. The van der Waals surface area contributed by atoms with Gasteiger partial charge in [0.05, 0.1) is 24.6 Å². The maximum atomic E-state index is 12.5. The second-order valence-electron chi connectivity index (χ2n) is 6.04. The lowest BCUT2D eigenvalue weighted by molar-refractivity contribution is -0.120. The van der Waals surface area contributed by atoms with Gasteiger partial charge in [0.2, 0.25) is 15.9 Å². The van der Waals surface area contributed by atoms with E-state index in [-0.39, 0.29) is 18.5 Å². The van der Waals surface area contributed by atoms with Crippen LogP contribution in [0.25, 0.3) is 0 Å². The van der Waals surface area contributed by atoms with E-state index >= 15 is 0 Å². The third kappa shape index (κ3) is 6.25. The molecule has 2 rings (SSSR count). The summed E-state index contributed by atoms with van der Waals surface area (Å²) in [6, 6.07) is 14.0. The largest absolute Gasteiger partial charge is 0.494 e. The molecule has 2 aromatic rings. The van der Waals surface area contributed by atoms with Gasteiger partial charge in [-0.3, -0.25) is 9.10 Å². The van der Waals surface area contributed by atoms with Crippen LogP contribution in [-0.4, -0.2) is 33.7 Å². The van der Waals surface area contributed by atoms with E-state index in [9.17, 15) is 13.2 Å². The highest BCUT2D eigenvalue weighted by Crippen LogP contribution is 2.22. The first-order valence-corrected chi connectivity index (χ1v) is 11.1. The summed E-state index contributed by atoms with van der Waals surface area (Å²) in [5, 5.41) is 2.84. The minimum absolute atomic E-state index is 0.267. The number of rotatable bonds is 8. The maximum absolute atomic E-state index is 12.5. The van der Waals surface area contributed by atoms with E-state index in [0.29, 0.717) is 12.3 Å². The van der Waals surface area contributed by atoms with Crippen molar-refractivity contribution in [1.82, 2.24) is 5.32 Å². The summed E-state index contributed by atoms with van der Waals surface area (Å²) in [5.41, 5.74) is 1.33. The lowest BCUT2D eigenvalue weighted by atomic mass is 10.1. The minimum atomic E-state index is -3.61. The Morgan fingerprint density at radius 1 is 1.22 bits per heavy atom. The van der Waals surface area contributed by atoms with Gasteiger partial charge in [-0.2, -0.15) is 0 Å². The van der Waals surface area contributed by atoms with Crippen molar-refractivity contribution < 1.29 is 17.9 Å². The Balaban J connectivity index is 2.09. The molecule has 0 aliphatic rings. The van der Waals surface area contributed by atoms with Crippen molar-refractivity contribution in [2.45, 2.75) is 19.9 Å². The molecule has 0 aromatic heterocycles. The Hall–Kier alpha value is -2.06. The molecule has 0 fully saturated rings. The van der Waals surface area contributed by atoms with Crippen molar-refractivity contribution in [2.24, 2.45) is 0 Å². The molecule has 146 valence electrons. The van der Waals surface area contributed by atoms with Gasteiger partial charge >= 0.3 is 0 Å². The first-order chi connectivity index (χ1) is 12.7. The highest BCUT2D eigenvalue weighted by molar-refractivity contribution is 9.10. The molecule has 0 bridgehead atoms. The first kappa shape index (κ1) is 21.2. The van der Waals surface area contributed by atoms with Gasteiger partial charge in [-0.15, -0.1) is 0 Å². The van der Waals surface area contributed by atoms with Gasteiger partial charge in [0.1, 0.15) is 12.3 Å². The third-order valence-electron chi connectivity index (χ3n) is 3.85. The highest BCUT2D eigenvalue weighted by atomic mass is 79.9. The van der Waals surface area contributed by atoms with Crippen LogP contribution in [0.5, 0.6) is 5.75 Å². The van der Waals surface area contributed by atoms with E-state index < -0.39 is 10.0 Å². The summed E-state index contributed by atoms with van der Waals surface area (Å²) < 4.78 is 31.5. The zero-order valence-corrected chi connectivity index (χ0v) is 17.9. The summed E-state index contributed by atoms with van der Waals surface area (Å²) in [7, 11) is -3.61. The van der Waals surface area contributed by atoms with Gasteiger partial charge in [0, 0.05) is 4.47 Å². The Morgan fingerprint density at radius 3 is 2.44 bits per heavy atom. The number of carbonyl (C=O) groups excluding carboxylic acids is 1. The molecule has 1 atom stereocenters. The van der Waals surface area contributed by atoms with Gasteiger partial charge < -0.3 is 10.1 Å². The molecule has 0 heterocycles. The molecule has 8 heteroatoms. The number of carbonyl (C=O) groups is 1. The number of benzene rings is 2. The van der Waals surface area contributed by atoms with Crippen molar-refractivity contribution in [1.29, 1.82) is 0 Å². The van der Waals surface area contributed by atoms with Gasteiger partial charge in [0.15, 0.2) is 0 Å². The number of halogens is 1. The molecule has 0 radical (unpaired) electrons. The molecule has 0 saturated carbocycles. The molecule has 0 aliphatic carbocycles. The fourth-order valence-corrected chi connectivity index (χ4v) is 3.79. The predicted octanol–water partition coefficient (Wildman–Crippen LogP) is 3.49. The van der Waals surface area contributed by atoms with Crippen molar-refractivity contribution in [3.05, 3.63) is 58.6 Å². The number of hydrogen-bond donors (Lipinski definition) is 1. The van der Waals surface area contributed by atoms with Crippen LogP contribution in [0.3, 0.4) is 0 Å². The molecule has 2 aromatic carbocycles. The van der Waals surface area contributed by atoms with E-state index in [2.05, 4.69) is 21.2 Å². The second kappa shape index (κ2) is 9.23. The average Bonchev–Trinajstić information content (AvgIpc) is 2.59. The fourth-order valence-electron chi connectivity index (χ4n) is 2.55. The number of sulfonamides is 1. The molecular weight excluding hydrogens is 432 g/mol. The lowest BCUT2D eigenvalue weighted by Gasteiger charge is -2.23. The van der Waals surface area contributed by atoms with E-state index in [0.717, 1.165) is 26.3 Å². The van der Waals surface area contributed by atoms with Gasteiger partial charge in [-0.25, -0.2) is 8.42 Å². The zero-order chi connectivity index (χ0) is 20.0. The van der Waals surface area contributed by atoms with Crippen LogP contribution >= 0.6 is 15.9 Å². The fraction of sp³-hybridized carbons (Fsp3) is 0.316. The van der Waals surface area contributed by atoms with Crippen LogP contribution in [0.1, 0.15) is 25.5 Å². The van der Waals surface area contributed by atoms with Crippen LogP contribution in [0.2, 0.25) is 0 Å². The third-order valence-corrected chi connectivity index (χ3v) is 5.49. The molecule has 1 unspecified atom stereocenters. The summed E-state index contributed by atoms with van der Waals surface area (Å²) in [4.78, 5) is 12.5. The molecule has 6 nitrogen and oxygen atoms in total. The smallest absolute Gasteiger partial charge is 0.241 e. The number of anilines is 1. The number of nitrogens with one attached hydrogen (secondary N) is 1. The Labute approximate surface area is 168 Å². The van der Waals surface area contributed by atoms with E-state index in [1.165, 1.54) is 0 Å². The topological polar surface area (TPSA) is 75.7 Å². The number of hydrogen-bond acceptors (Lipinski definition) is 4. The average molecular weight is 455 g/mol. The quantitative estimate of drug-likeness (QED) is 0.661. The Kier molecular flexibility index (Phi) is 7.26. The molecule has 1 amide bonds. The van der Waals surface area contributed by atoms with Crippen molar-refractivity contribution in [2.75, 3.05) is 23.7 Å². The molecule has 27 heavy (non-hydrogen) atoms. The zero-order valence-electron chi connectivity index (χ0n) is 15.5. The van der Waals surface area contributed by atoms with Crippen LogP contribution in [0, 0.1) is 0 Å². The van der Waals surface area contributed by atoms with Crippen LogP contribution < -0.4 is 14.4 Å². The number of amides is 1. The van der Waals surface area contributed by atoms with Crippen LogP contribution in [-0.2, 0) is 14.8 Å². The summed E-state index contributed by atoms with van der Waals surface area (Å²) in [5.74, 6) is 0.375. The van der Waals surface area contributed by atoms with Gasteiger partial charge in [-0.05, 0) is 49.7 Å². The van der Waals surface area contributed by atoms with Crippen LogP contribution in [0.15, 0.2) is 53.0 Å². The van der Waals surface area contributed by atoms with E-state index in [1.807, 2.05) is 38.1 Å². The first-order valence-electron chi connectivity index (χ1n) is 8.46. The van der Waals surface area contributed by atoms with E-state index in [1.54, 1.807) is 24.3 Å². The normalized spacial score (nSPS) is 12.3. The number of ether oxygens (including phenoxy) is 1. The Bertz CT molecular complexity index is 885. The molecule has 0 spiro atoms. The van der Waals surface area contributed by atoms with Crippen molar-refractivity contribution >= 4 is 37.5 Å². The second-order valence-corrected chi connectivity index (χ2v) is 8.86. The van der Waals surface area contributed by atoms with E-state index in [4.69, 9.17) is 4.74 Å².